The number of carbonyl (C=O) groups is 1. The minimum atomic E-state index is -0.0317. The summed E-state index contributed by atoms with van der Waals surface area (Å²) >= 11 is 1.39. The Labute approximate surface area is 160 Å². The molecule has 0 saturated heterocycles. The standard InChI is InChI=1S/C20H28N4OS/c1-7-11-24-15(6)22-23-20(24)26-12-18(25)21-19-16(13(2)3)9-8-10-17(19)14(4)5/h7-10,13-14H,1,11-12H2,2-6H3,(H,21,25). The first-order valence-electron chi connectivity index (χ1n) is 8.91. The third-order valence-electron chi connectivity index (χ3n) is 4.18. The van der Waals surface area contributed by atoms with Crippen LogP contribution in [0.15, 0.2) is 36.0 Å². The lowest BCUT2D eigenvalue weighted by Crippen LogP contribution is -2.18. The predicted molar refractivity (Wildman–Crippen MR) is 109 cm³/mol. The molecule has 0 fully saturated rings. The fraction of sp³-hybridized carbons (Fsp3) is 0.450. The van der Waals surface area contributed by atoms with E-state index in [-0.39, 0.29) is 5.91 Å². The van der Waals surface area contributed by atoms with Crippen molar-refractivity contribution in [2.24, 2.45) is 0 Å². The lowest BCUT2D eigenvalue weighted by molar-refractivity contribution is -0.113. The van der Waals surface area contributed by atoms with Crippen molar-refractivity contribution < 1.29 is 4.79 Å². The molecule has 0 aliphatic rings. The number of anilines is 1. The molecule has 1 heterocycles. The highest BCUT2D eigenvalue weighted by Crippen LogP contribution is 2.32. The van der Waals surface area contributed by atoms with E-state index in [1.807, 2.05) is 11.5 Å². The molecule has 0 aliphatic carbocycles. The number of hydrogen-bond acceptors (Lipinski definition) is 4. The van der Waals surface area contributed by atoms with Gasteiger partial charge < -0.3 is 9.88 Å². The van der Waals surface area contributed by atoms with Crippen LogP contribution in [0.2, 0.25) is 0 Å². The Hall–Kier alpha value is -2.08. The second-order valence-corrected chi connectivity index (χ2v) is 7.83. The minimum Gasteiger partial charge on any atom is -0.325 e. The van der Waals surface area contributed by atoms with E-state index in [2.05, 4.69) is 68.0 Å². The van der Waals surface area contributed by atoms with Crippen LogP contribution in [-0.4, -0.2) is 26.4 Å². The number of carbonyl (C=O) groups excluding carboxylic acids is 1. The number of para-hydroxylation sites is 1. The van der Waals surface area contributed by atoms with Crippen LogP contribution in [0, 0.1) is 6.92 Å². The fourth-order valence-electron chi connectivity index (χ4n) is 2.81. The Balaban J connectivity index is 2.14. The number of aryl methyl sites for hydroxylation is 1. The molecular weight excluding hydrogens is 344 g/mol. The molecule has 1 aromatic heterocycles. The van der Waals surface area contributed by atoms with Crippen LogP contribution in [-0.2, 0) is 11.3 Å². The quantitative estimate of drug-likeness (QED) is 0.536. The van der Waals surface area contributed by atoms with Crippen LogP contribution < -0.4 is 5.32 Å². The molecule has 1 aromatic carbocycles. The Morgan fingerprint density at radius 2 is 1.85 bits per heavy atom. The predicted octanol–water partition coefficient (Wildman–Crippen LogP) is 4.75. The van der Waals surface area contributed by atoms with Crippen molar-refractivity contribution >= 4 is 23.4 Å². The van der Waals surface area contributed by atoms with Gasteiger partial charge in [-0.15, -0.1) is 16.8 Å². The Bertz CT molecular complexity index is 754. The van der Waals surface area contributed by atoms with E-state index >= 15 is 0 Å². The van der Waals surface area contributed by atoms with Gasteiger partial charge in [-0.2, -0.15) is 0 Å². The maximum absolute atomic E-state index is 12.6. The molecule has 0 aliphatic heterocycles. The monoisotopic (exact) mass is 372 g/mol. The Morgan fingerprint density at radius 1 is 1.23 bits per heavy atom. The zero-order chi connectivity index (χ0) is 19.3. The van der Waals surface area contributed by atoms with Gasteiger partial charge in [0.1, 0.15) is 5.82 Å². The first kappa shape index (κ1) is 20.2. The summed E-state index contributed by atoms with van der Waals surface area (Å²) in [5.74, 6) is 1.76. The highest BCUT2D eigenvalue weighted by Gasteiger charge is 2.17. The molecule has 2 rings (SSSR count). The molecule has 1 N–H and O–H groups in total. The number of benzene rings is 1. The van der Waals surface area contributed by atoms with E-state index in [9.17, 15) is 4.79 Å². The maximum Gasteiger partial charge on any atom is 0.234 e. The molecule has 0 atom stereocenters. The topological polar surface area (TPSA) is 59.8 Å². The molecule has 2 aromatic rings. The van der Waals surface area contributed by atoms with Crippen molar-refractivity contribution in [2.45, 2.75) is 58.2 Å². The van der Waals surface area contributed by atoms with E-state index in [1.165, 1.54) is 22.9 Å². The van der Waals surface area contributed by atoms with Gasteiger partial charge in [0.25, 0.3) is 0 Å². The summed E-state index contributed by atoms with van der Waals surface area (Å²) in [5.41, 5.74) is 3.28. The van der Waals surface area contributed by atoms with E-state index in [0.29, 0.717) is 24.1 Å². The van der Waals surface area contributed by atoms with Crippen LogP contribution >= 0.6 is 11.8 Å². The molecular formula is C20H28N4OS. The van der Waals surface area contributed by atoms with Gasteiger partial charge in [0, 0.05) is 12.2 Å². The van der Waals surface area contributed by atoms with Gasteiger partial charge in [0.05, 0.1) is 5.75 Å². The van der Waals surface area contributed by atoms with Crippen LogP contribution in [0.1, 0.15) is 56.5 Å². The number of allylic oxidation sites excluding steroid dienone is 1. The highest BCUT2D eigenvalue weighted by atomic mass is 32.2. The summed E-state index contributed by atoms with van der Waals surface area (Å²) in [6.45, 7) is 14.9. The average molecular weight is 373 g/mol. The number of amides is 1. The number of aromatic nitrogens is 3. The number of rotatable bonds is 8. The maximum atomic E-state index is 12.6. The molecule has 5 nitrogen and oxygen atoms in total. The Morgan fingerprint density at radius 3 is 2.38 bits per heavy atom. The van der Waals surface area contributed by atoms with E-state index in [4.69, 9.17) is 0 Å². The fourth-order valence-corrected chi connectivity index (χ4v) is 3.60. The molecule has 0 unspecified atom stereocenters. The molecule has 26 heavy (non-hydrogen) atoms. The van der Waals surface area contributed by atoms with Crippen LogP contribution in [0.25, 0.3) is 0 Å². The third kappa shape index (κ3) is 4.75. The number of nitrogens with one attached hydrogen (secondary N) is 1. The van der Waals surface area contributed by atoms with Crippen molar-refractivity contribution in [3.63, 3.8) is 0 Å². The van der Waals surface area contributed by atoms with Crippen LogP contribution in [0.4, 0.5) is 5.69 Å². The summed E-state index contributed by atoms with van der Waals surface area (Å²) in [5, 5.41) is 12.1. The van der Waals surface area contributed by atoms with Gasteiger partial charge in [-0.3, -0.25) is 4.79 Å². The second kappa shape index (κ2) is 9.03. The molecule has 0 radical (unpaired) electrons. The Kier molecular flexibility index (Phi) is 7.03. The van der Waals surface area contributed by atoms with Crippen molar-refractivity contribution in [2.75, 3.05) is 11.1 Å². The molecule has 1 amide bonds. The lowest BCUT2D eigenvalue weighted by Gasteiger charge is -2.20. The van der Waals surface area contributed by atoms with Gasteiger partial charge >= 0.3 is 0 Å². The highest BCUT2D eigenvalue weighted by molar-refractivity contribution is 7.99. The second-order valence-electron chi connectivity index (χ2n) is 6.89. The van der Waals surface area contributed by atoms with Gasteiger partial charge in [0.15, 0.2) is 5.16 Å². The zero-order valence-electron chi connectivity index (χ0n) is 16.2. The largest absolute Gasteiger partial charge is 0.325 e. The van der Waals surface area contributed by atoms with Crippen LogP contribution in [0.5, 0.6) is 0 Å². The van der Waals surface area contributed by atoms with E-state index < -0.39 is 0 Å². The first-order chi connectivity index (χ1) is 12.3. The summed E-state index contributed by atoms with van der Waals surface area (Å²) in [6.07, 6.45) is 1.80. The van der Waals surface area contributed by atoms with Crippen LogP contribution in [0.3, 0.4) is 0 Å². The third-order valence-corrected chi connectivity index (χ3v) is 5.15. The molecule has 0 spiro atoms. The zero-order valence-corrected chi connectivity index (χ0v) is 17.1. The lowest BCUT2D eigenvalue weighted by atomic mass is 9.92. The van der Waals surface area contributed by atoms with Gasteiger partial charge in [0.2, 0.25) is 5.91 Å². The van der Waals surface area contributed by atoms with Crippen molar-refractivity contribution in [1.82, 2.24) is 14.8 Å². The normalized spacial score (nSPS) is 11.2. The van der Waals surface area contributed by atoms with Crippen molar-refractivity contribution in [3.8, 4) is 0 Å². The summed E-state index contributed by atoms with van der Waals surface area (Å²) < 4.78 is 1.95. The number of thioether (sulfide) groups is 1. The summed E-state index contributed by atoms with van der Waals surface area (Å²) in [4.78, 5) is 12.6. The molecule has 0 bridgehead atoms. The smallest absolute Gasteiger partial charge is 0.234 e. The van der Waals surface area contributed by atoms with Gasteiger partial charge in [-0.1, -0.05) is 63.7 Å². The molecule has 6 heteroatoms. The van der Waals surface area contributed by atoms with Crippen molar-refractivity contribution in [3.05, 3.63) is 47.8 Å². The molecule has 0 saturated carbocycles. The molecule has 140 valence electrons. The van der Waals surface area contributed by atoms with E-state index in [1.54, 1.807) is 6.08 Å². The van der Waals surface area contributed by atoms with E-state index in [0.717, 1.165) is 16.7 Å². The summed E-state index contributed by atoms with van der Waals surface area (Å²) in [6, 6.07) is 6.24. The number of hydrogen-bond donors (Lipinski definition) is 1. The SMILES string of the molecule is C=CCn1c(C)nnc1SCC(=O)Nc1c(C(C)C)cccc1C(C)C. The van der Waals surface area contributed by atoms with Gasteiger partial charge in [-0.05, 0) is 29.9 Å². The van der Waals surface area contributed by atoms with Gasteiger partial charge in [-0.25, -0.2) is 0 Å². The first-order valence-corrected chi connectivity index (χ1v) is 9.89. The van der Waals surface area contributed by atoms with Crippen molar-refractivity contribution in [1.29, 1.82) is 0 Å². The summed E-state index contributed by atoms with van der Waals surface area (Å²) in [7, 11) is 0. The number of nitrogens with zero attached hydrogens (tertiary/aromatic N) is 3. The average Bonchev–Trinajstić information content (AvgIpc) is 2.93. The minimum absolute atomic E-state index is 0.0317.